The van der Waals surface area contributed by atoms with Crippen LogP contribution in [0.2, 0.25) is 0 Å². The summed E-state index contributed by atoms with van der Waals surface area (Å²) >= 11 is 0. The van der Waals surface area contributed by atoms with Crippen LogP contribution in [0.4, 0.5) is 0 Å². The molecular weight excluding hydrogens is 739 g/mol. The fraction of sp³-hybridized carbons (Fsp3) is 0.894. The number of carbonyl (C=O) groups excluding carboxylic acids is 1. The lowest BCUT2D eigenvalue weighted by Crippen LogP contribution is -2.29. The molecule has 0 aliphatic carbocycles. The fourth-order valence-electron chi connectivity index (χ4n) is 6.70. The van der Waals surface area contributed by atoms with Gasteiger partial charge in [0.2, 0.25) is 0 Å². The summed E-state index contributed by atoms with van der Waals surface area (Å²) in [6.07, 6.45) is 47.0. The topological polar surface area (TPSA) is 132 Å². The van der Waals surface area contributed by atoms with Crippen LogP contribution in [0.25, 0.3) is 0 Å². The van der Waals surface area contributed by atoms with Gasteiger partial charge in [0.05, 0.1) is 26.4 Å². The molecule has 338 valence electrons. The summed E-state index contributed by atoms with van der Waals surface area (Å²) in [7, 11) is -4.52. The molecule has 0 aromatic rings. The van der Waals surface area contributed by atoms with Crippen molar-refractivity contribution >= 4 is 13.8 Å². The Morgan fingerprint density at radius 2 is 0.895 bits per heavy atom. The fourth-order valence-corrected chi connectivity index (χ4v) is 7.49. The quantitative estimate of drug-likeness (QED) is 0.0237. The molecule has 0 bridgehead atoms. The molecule has 0 fully saturated rings. The van der Waals surface area contributed by atoms with Gasteiger partial charge in [-0.05, 0) is 64.2 Å². The number of hydrogen-bond donors (Lipinski definition) is 3. The summed E-state index contributed by atoms with van der Waals surface area (Å²) in [5, 5.41) is 18.4. The van der Waals surface area contributed by atoms with Crippen LogP contribution in [0, 0.1) is 0 Å². The lowest BCUT2D eigenvalue weighted by Gasteiger charge is -2.20. The molecule has 0 aliphatic heterocycles. The summed E-state index contributed by atoms with van der Waals surface area (Å²) in [4.78, 5) is 22.6. The van der Waals surface area contributed by atoms with Gasteiger partial charge in [0.15, 0.2) is 0 Å². The first-order valence-electron chi connectivity index (χ1n) is 23.8. The number of phosphoric ester groups is 1. The molecule has 0 rings (SSSR count). The highest BCUT2D eigenvalue weighted by Gasteiger charge is 2.26. The number of ether oxygens (including phenoxy) is 2. The molecule has 0 heterocycles. The van der Waals surface area contributed by atoms with Gasteiger partial charge in [-0.3, -0.25) is 13.8 Å². The number of allylic oxidation sites excluding steroid dienone is 4. The molecule has 57 heavy (non-hydrogen) atoms. The maximum atomic E-state index is 12.6. The lowest BCUT2D eigenvalue weighted by molar-refractivity contribution is -0.154. The van der Waals surface area contributed by atoms with Crippen LogP contribution in [0.1, 0.15) is 226 Å². The van der Waals surface area contributed by atoms with Crippen molar-refractivity contribution in [1.82, 2.24) is 0 Å². The molecule has 10 heteroatoms. The number of rotatable bonds is 46. The second-order valence-electron chi connectivity index (χ2n) is 16.1. The van der Waals surface area contributed by atoms with Crippen molar-refractivity contribution in [3.05, 3.63) is 24.3 Å². The SMILES string of the molecule is CCCCCCCC/C=C\CCCCCCCCCCOCC(COP(=O)(O)OCC(O)CO)OC(=O)CCCCCCCCC/C=C\CCCCCCCCC. The van der Waals surface area contributed by atoms with E-state index in [4.69, 9.17) is 23.6 Å². The molecule has 9 nitrogen and oxygen atoms in total. The van der Waals surface area contributed by atoms with Crippen LogP contribution in [0.5, 0.6) is 0 Å². The van der Waals surface area contributed by atoms with Crippen LogP contribution >= 0.6 is 7.82 Å². The summed E-state index contributed by atoms with van der Waals surface area (Å²) in [6.45, 7) is 3.54. The zero-order valence-corrected chi connectivity index (χ0v) is 38.0. The molecule has 0 spiro atoms. The van der Waals surface area contributed by atoms with Crippen molar-refractivity contribution in [2.24, 2.45) is 0 Å². The Balaban J connectivity index is 4.12. The van der Waals surface area contributed by atoms with Crippen molar-refractivity contribution in [3.8, 4) is 0 Å². The number of esters is 1. The highest BCUT2D eigenvalue weighted by molar-refractivity contribution is 7.47. The minimum absolute atomic E-state index is 0.0483. The second-order valence-corrected chi connectivity index (χ2v) is 17.6. The number of unbranched alkanes of at least 4 members (excludes halogenated alkanes) is 28. The van der Waals surface area contributed by atoms with E-state index in [1.807, 2.05) is 0 Å². The zero-order valence-electron chi connectivity index (χ0n) is 37.1. The van der Waals surface area contributed by atoms with E-state index in [1.54, 1.807) is 0 Å². The van der Waals surface area contributed by atoms with Gasteiger partial charge in [-0.2, -0.15) is 0 Å². The number of phosphoric acid groups is 1. The molecule has 0 aromatic carbocycles. The third-order valence-electron chi connectivity index (χ3n) is 10.4. The number of carbonyl (C=O) groups is 1. The summed E-state index contributed by atoms with van der Waals surface area (Å²) in [5.74, 6) is -0.385. The molecule has 3 N–H and O–H groups in total. The molecule has 0 radical (unpaired) electrons. The summed E-state index contributed by atoms with van der Waals surface area (Å²) in [5.41, 5.74) is 0. The zero-order chi connectivity index (χ0) is 41.8. The van der Waals surface area contributed by atoms with E-state index >= 15 is 0 Å². The van der Waals surface area contributed by atoms with Crippen LogP contribution in [-0.2, 0) is 27.9 Å². The monoisotopic (exact) mass is 831 g/mol. The van der Waals surface area contributed by atoms with Gasteiger partial charge in [0, 0.05) is 13.0 Å². The van der Waals surface area contributed by atoms with Gasteiger partial charge in [-0.25, -0.2) is 4.57 Å². The Kier molecular flexibility index (Phi) is 43.7. The summed E-state index contributed by atoms with van der Waals surface area (Å²) < 4.78 is 33.5. The molecule has 0 aliphatic rings. The van der Waals surface area contributed by atoms with E-state index in [0.717, 1.165) is 51.4 Å². The first-order valence-corrected chi connectivity index (χ1v) is 25.3. The molecule has 0 amide bonds. The Morgan fingerprint density at radius 1 is 0.526 bits per heavy atom. The van der Waals surface area contributed by atoms with E-state index < -0.39 is 33.2 Å². The third kappa shape index (κ3) is 44.3. The maximum absolute atomic E-state index is 12.6. The molecular formula is C47H91O9P. The Hall–Kier alpha value is -1.06. The highest BCUT2D eigenvalue weighted by Crippen LogP contribution is 2.43. The largest absolute Gasteiger partial charge is 0.472 e. The van der Waals surface area contributed by atoms with Crippen molar-refractivity contribution in [2.45, 2.75) is 238 Å². The predicted octanol–water partition coefficient (Wildman–Crippen LogP) is 13.4. The molecule has 0 saturated heterocycles. The third-order valence-corrected chi connectivity index (χ3v) is 11.3. The second kappa shape index (κ2) is 44.5. The smallest absolute Gasteiger partial charge is 0.457 e. The first-order chi connectivity index (χ1) is 27.8. The standard InChI is InChI=1S/C47H91O9P/c1-3-5-7-9-11-13-15-17-19-21-23-25-27-29-31-33-35-37-39-47(50)56-46(44-55-57(51,52)54-42-45(49)41-48)43-53-40-38-36-34-32-30-28-26-24-22-20-18-16-14-12-10-8-6-4-2/h18-21,45-46,48-49H,3-17,22-44H2,1-2H3,(H,51,52)/b20-18-,21-19-. The lowest BCUT2D eigenvalue weighted by atomic mass is 10.1. The Morgan fingerprint density at radius 3 is 1.32 bits per heavy atom. The highest BCUT2D eigenvalue weighted by atomic mass is 31.2. The molecule has 3 atom stereocenters. The number of hydrogen-bond acceptors (Lipinski definition) is 8. The van der Waals surface area contributed by atoms with Gasteiger partial charge < -0.3 is 24.6 Å². The number of aliphatic hydroxyl groups is 2. The molecule has 0 aromatic heterocycles. The number of aliphatic hydroxyl groups excluding tert-OH is 2. The van der Waals surface area contributed by atoms with Gasteiger partial charge >= 0.3 is 13.8 Å². The molecule has 0 saturated carbocycles. The van der Waals surface area contributed by atoms with Crippen LogP contribution in [0.15, 0.2) is 24.3 Å². The van der Waals surface area contributed by atoms with Crippen LogP contribution < -0.4 is 0 Å². The first kappa shape index (κ1) is 55.9. The van der Waals surface area contributed by atoms with Crippen molar-refractivity contribution < 1.29 is 43.0 Å². The average Bonchev–Trinajstić information content (AvgIpc) is 3.20. The normalized spacial score (nSPS) is 14.1. The summed E-state index contributed by atoms with van der Waals surface area (Å²) in [6, 6.07) is 0. The predicted molar refractivity (Wildman–Crippen MR) is 238 cm³/mol. The minimum Gasteiger partial charge on any atom is -0.457 e. The maximum Gasteiger partial charge on any atom is 0.472 e. The average molecular weight is 831 g/mol. The van der Waals surface area contributed by atoms with Gasteiger partial charge in [-0.15, -0.1) is 0 Å². The minimum atomic E-state index is -4.52. The van der Waals surface area contributed by atoms with Crippen LogP contribution in [0.3, 0.4) is 0 Å². The molecule has 3 unspecified atom stereocenters. The van der Waals surface area contributed by atoms with Crippen LogP contribution in [-0.4, -0.2) is 66.3 Å². The van der Waals surface area contributed by atoms with Gasteiger partial charge in [0.25, 0.3) is 0 Å². The van der Waals surface area contributed by atoms with Gasteiger partial charge in [-0.1, -0.05) is 179 Å². The Labute approximate surface area is 351 Å². The van der Waals surface area contributed by atoms with E-state index in [2.05, 4.69) is 38.2 Å². The van der Waals surface area contributed by atoms with E-state index in [0.29, 0.717) is 6.61 Å². The van der Waals surface area contributed by atoms with E-state index in [9.17, 15) is 19.4 Å². The van der Waals surface area contributed by atoms with Crippen molar-refractivity contribution in [1.29, 1.82) is 0 Å². The van der Waals surface area contributed by atoms with Crippen molar-refractivity contribution in [3.63, 3.8) is 0 Å². The van der Waals surface area contributed by atoms with E-state index in [-0.39, 0.29) is 25.6 Å². The van der Waals surface area contributed by atoms with Crippen molar-refractivity contribution in [2.75, 3.05) is 33.0 Å². The Bertz CT molecular complexity index is 944. The van der Waals surface area contributed by atoms with E-state index in [1.165, 1.54) is 154 Å². The van der Waals surface area contributed by atoms with Gasteiger partial charge in [0.1, 0.15) is 12.2 Å².